The van der Waals surface area contributed by atoms with E-state index in [0.29, 0.717) is 23.8 Å². The number of carbonyl (C=O) groups is 1. The molecule has 2 aromatic carbocycles. The molecular weight excluding hydrogens is 402 g/mol. The van der Waals surface area contributed by atoms with E-state index in [-0.39, 0.29) is 5.78 Å². The Morgan fingerprint density at radius 3 is 2.47 bits per heavy atom. The van der Waals surface area contributed by atoms with Crippen molar-refractivity contribution in [3.05, 3.63) is 72.1 Å². The van der Waals surface area contributed by atoms with Gasteiger partial charge in [-0.25, -0.2) is 15.0 Å². The van der Waals surface area contributed by atoms with Gasteiger partial charge in [-0.2, -0.15) is 0 Å². The van der Waals surface area contributed by atoms with E-state index in [2.05, 4.69) is 37.3 Å². The Bertz CT molecular complexity index is 1090. The van der Waals surface area contributed by atoms with Crippen molar-refractivity contribution in [2.45, 2.75) is 20.3 Å². The molecule has 32 heavy (non-hydrogen) atoms. The zero-order valence-corrected chi connectivity index (χ0v) is 18.4. The summed E-state index contributed by atoms with van der Waals surface area (Å²) in [5.41, 5.74) is 4.66. The second kappa shape index (κ2) is 10.2. The molecule has 2 heterocycles. The quantitative estimate of drug-likeness (QED) is 0.563. The molecule has 7 nitrogen and oxygen atoms in total. The number of nitrogens with zero attached hydrogens (tertiary/aromatic N) is 4. The van der Waals surface area contributed by atoms with E-state index >= 15 is 0 Å². The lowest BCUT2D eigenvalue weighted by Crippen LogP contribution is -2.36. The SMILES string of the molecule is CCc1nc(Nc2ccc(N3CCOCC3)cc2)ncc1N=C(C(C)=O)c1ccccc1. The van der Waals surface area contributed by atoms with Gasteiger partial charge in [0.2, 0.25) is 5.95 Å². The molecule has 1 aliphatic heterocycles. The van der Waals surface area contributed by atoms with Crippen molar-refractivity contribution in [3.8, 4) is 0 Å². The Hall–Kier alpha value is -3.58. The average molecular weight is 430 g/mol. The van der Waals surface area contributed by atoms with Crippen LogP contribution in [0.25, 0.3) is 0 Å². The van der Waals surface area contributed by atoms with E-state index in [0.717, 1.165) is 43.2 Å². The van der Waals surface area contributed by atoms with Gasteiger partial charge in [0.05, 0.1) is 25.1 Å². The van der Waals surface area contributed by atoms with Gasteiger partial charge < -0.3 is 15.0 Å². The standard InChI is InChI=1S/C25H27N5O2/c1-3-22-23(28-24(18(2)31)19-7-5-4-6-8-19)17-26-25(29-22)27-20-9-11-21(12-10-20)30-13-15-32-16-14-30/h4-12,17H,3,13-16H2,1-2H3,(H,26,27,29). The summed E-state index contributed by atoms with van der Waals surface area (Å²) in [4.78, 5) is 28.2. The minimum atomic E-state index is -0.0965. The third-order valence-electron chi connectivity index (χ3n) is 5.29. The third kappa shape index (κ3) is 5.18. The van der Waals surface area contributed by atoms with E-state index in [9.17, 15) is 4.79 Å². The van der Waals surface area contributed by atoms with Crippen LogP contribution in [-0.4, -0.2) is 47.8 Å². The first-order chi connectivity index (χ1) is 15.6. The molecule has 0 atom stereocenters. The number of nitrogens with one attached hydrogen (secondary N) is 1. The van der Waals surface area contributed by atoms with Gasteiger partial charge in [-0.3, -0.25) is 4.79 Å². The summed E-state index contributed by atoms with van der Waals surface area (Å²) >= 11 is 0. The highest BCUT2D eigenvalue weighted by Gasteiger charge is 2.13. The smallest absolute Gasteiger partial charge is 0.227 e. The topological polar surface area (TPSA) is 79.7 Å². The van der Waals surface area contributed by atoms with Crippen LogP contribution in [0.15, 0.2) is 65.8 Å². The fraction of sp³-hybridized carbons (Fsp3) is 0.280. The summed E-state index contributed by atoms with van der Waals surface area (Å²) in [6.07, 6.45) is 2.34. The first kappa shape index (κ1) is 21.6. The highest BCUT2D eigenvalue weighted by Crippen LogP contribution is 2.24. The molecule has 0 aliphatic carbocycles. The summed E-state index contributed by atoms with van der Waals surface area (Å²) in [5.74, 6) is 0.407. The number of hydrogen-bond acceptors (Lipinski definition) is 7. The Morgan fingerprint density at radius 1 is 1.09 bits per heavy atom. The molecule has 0 unspecified atom stereocenters. The van der Waals surface area contributed by atoms with Crippen LogP contribution in [0, 0.1) is 0 Å². The molecule has 0 amide bonds. The number of hydrogen-bond donors (Lipinski definition) is 1. The molecule has 1 fully saturated rings. The molecule has 3 aromatic rings. The summed E-state index contributed by atoms with van der Waals surface area (Å²) in [6, 6.07) is 17.7. The van der Waals surface area contributed by atoms with Crippen molar-refractivity contribution >= 4 is 34.5 Å². The molecule has 0 spiro atoms. The van der Waals surface area contributed by atoms with Crippen LogP contribution in [0.4, 0.5) is 23.0 Å². The molecule has 4 rings (SSSR count). The maximum absolute atomic E-state index is 12.2. The number of aryl methyl sites for hydroxylation is 1. The fourth-order valence-corrected chi connectivity index (χ4v) is 3.59. The molecule has 7 heteroatoms. The summed E-state index contributed by atoms with van der Waals surface area (Å²) in [7, 11) is 0. The number of morpholine rings is 1. The van der Waals surface area contributed by atoms with Gasteiger partial charge in [-0.05, 0) is 30.7 Å². The number of carbonyl (C=O) groups excluding carboxylic acids is 1. The summed E-state index contributed by atoms with van der Waals surface area (Å²) in [5, 5.41) is 3.26. The number of rotatable bonds is 7. The Morgan fingerprint density at radius 2 is 1.81 bits per heavy atom. The van der Waals surface area contributed by atoms with Gasteiger partial charge in [0, 0.05) is 37.0 Å². The van der Waals surface area contributed by atoms with Crippen molar-refractivity contribution in [1.29, 1.82) is 0 Å². The van der Waals surface area contributed by atoms with Gasteiger partial charge in [0.15, 0.2) is 5.78 Å². The predicted molar refractivity (Wildman–Crippen MR) is 127 cm³/mol. The van der Waals surface area contributed by atoms with Crippen LogP contribution in [0.2, 0.25) is 0 Å². The van der Waals surface area contributed by atoms with E-state index in [1.54, 1.807) is 6.20 Å². The van der Waals surface area contributed by atoms with Crippen molar-refractivity contribution in [2.24, 2.45) is 4.99 Å². The minimum Gasteiger partial charge on any atom is -0.378 e. The summed E-state index contributed by atoms with van der Waals surface area (Å²) < 4.78 is 5.42. The zero-order chi connectivity index (χ0) is 22.3. The molecule has 1 aromatic heterocycles. The van der Waals surface area contributed by atoms with Crippen molar-refractivity contribution in [1.82, 2.24) is 9.97 Å². The largest absolute Gasteiger partial charge is 0.378 e. The number of ketones is 1. The summed E-state index contributed by atoms with van der Waals surface area (Å²) in [6.45, 7) is 6.87. The Labute approximate surface area is 188 Å². The van der Waals surface area contributed by atoms with Crippen LogP contribution in [0.1, 0.15) is 25.1 Å². The maximum atomic E-state index is 12.2. The van der Waals surface area contributed by atoms with Gasteiger partial charge >= 0.3 is 0 Å². The molecule has 0 bridgehead atoms. The zero-order valence-electron chi connectivity index (χ0n) is 18.4. The first-order valence-electron chi connectivity index (χ1n) is 10.8. The molecule has 1 N–H and O–H groups in total. The number of anilines is 3. The van der Waals surface area contributed by atoms with Crippen LogP contribution < -0.4 is 10.2 Å². The first-order valence-corrected chi connectivity index (χ1v) is 10.8. The van der Waals surface area contributed by atoms with Gasteiger partial charge in [0.1, 0.15) is 11.4 Å². The molecule has 1 saturated heterocycles. The van der Waals surface area contributed by atoms with Crippen molar-refractivity contribution < 1.29 is 9.53 Å². The second-order valence-corrected chi connectivity index (χ2v) is 7.53. The van der Waals surface area contributed by atoms with Crippen molar-refractivity contribution in [2.75, 3.05) is 36.5 Å². The molecule has 0 radical (unpaired) electrons. The molecule has 164 valence electrons. The van der Waals surface area contributed by atoms with Crippen LogP contribution in [-0.2, 0) is 16.0 Å². The normalized spacial score (nSPS) is 14.3. The highest BCUT2D eigenvalue weighted by molar-refractivity contribution is 6.45. The molecular formula is C25H27N5O2. The van der Waals surface area contributed by atoms with E-state index in [1.165, 1.54) is 12.6 Å². The Kier molecular flexibility index (Phi) is 6.87. The lowest BCUT2D eigenvalue weighted by atomic mass is 10.1. The van der Waals surface area contributed by atoms with Crippen LogP contribution in [0.5, 0.6) is 0 Å². The second-order valence-electron chi connectivity index (χ2n) is 7.53. The lowest BCUT2D eigenvalue weighted by molar-refractivity contribution is -0.111. The number of Topliss-reactive ketones (excluding diaryl/α,β-unsaturated/α-hetero) is 1. The number of ether oxygens (including phenoxy) is 1. The Balaban J connectivity index is 1.54. The third-order valence-corrected chi connectivity index (χ3v) is 5.29. The number of benzene rings is 2. The minimum absolute atomic E-state index is 0.0965. The maximum Gasteiger partial charge on any atom is 0.227 e. The number of aromatic nitrogens is 2. The number of aliphatic imine (C=N–C) groups is 1. The van der Waals surface area contributed by atoms with Gasteiger partial charge in [-0.15, -0.1) is 0 Å². The monoisotopic (exact) mass is 429 g/mol. The highest BCUT2D eigenvalue weighted by atomic mass is 16.5. The van der Waals surface area contributed by atoms with Crippen LogP contribution >= 0.6 is 0 Å². The fourth-order valence-electron chi connectivity index (χ4n) is 3.59. The molecule has 0 saturated carbocycles. The predicted octanol–water partition coefficient (Wildman–Crippen LogP) is 4.33. The van der Waals surface area contributed by atoms with E-state index in [1.807, 2.05) is 49.4 Å². The van der Waals surface area contributed by atoms with Gasteiger partial charge in [0.25, 0.3) is 0 Å². The average Bonchev–Trinajstić information content (AvgIpc) is 2.84. The van der Waals surface area contributed by atoms with Crippen molar-refractivity contribution in [3.63, 3.8) is 0 Å². The van der Waals surface area contributed by atoms with Gasteiger partial charge in [-0.1, -0.05) is 37.3 Å². The van der Waals surface area contributed by atoms with Crippen LogP contribution in [0.3, 0.4) is 0 Å². The molecule has 1 aliphatic rings. The van der Waals surface area contributed by atoms with E-state index < -0.39 is 0 Å². The lowest BCUT2D eigenvalue weighted by Gasteiger charge is -2.28. The van der Waals surface area contributed by atoms with E-state index in [4.69, 9.17) is 4.74 Å².